The normalized spacial score (nSPS) is 17.6. The molecule has 0 bridgehead atoms. The molecular weight excluding hydrogens is 356 g/mol. The summed E-state index contributed by atoms with van der Waals surface area (Å²) in [6.07, 6.45) is 0.730. The molecule has 0 aromatic heterocycles. The molecule has 1 aliphatic heterocycles. The first-order valence-corrected chi connectivity index (χ1v) is 9.36. The molecule has 1 N–H and O–H groups in total. The van der Waals surface area contributed by atoms with Crippen molar-refractivity contribution in [2.75, 3.05) is 32.8 Å². The number of rotatable bonds is 5. The Hall–Kier alpha value is -0.470. The first-order chi connectivity index (χ1) is 10.1. The van der Waals surface area contributed by atoms with Crippen LogP contribution in [0.15, 0.2) is 27.6 Å². The van der Waals surface area contributed by atoms with Crippen LogP contribution >= 0.6 is 15.9 Å². The molecule has 1 saturated heterocycles. The Balaban J connectivity index is 2.29. The van der Waals surface area contributed by atoms with Crippen LogP contribution < -0.4 is 5.32 Å². The fourth-order valence-electron chi connectivity index (χ4n) is 2.23. The molecular formula is C14H21BrN2O3S. The molecule has 2 rings (SSSR count). The highest BCUT2D eigenvalue weighted by atomic mass is 79.9. The predicted molar refractivity (Wildman–Crippen MR) is 85.7 cm³/mol. The van der Waals surface area contributed by atoms with Crippen LogP contribution in [0.2, 0.25) is 0 Å². The molecule has 5 nitrogen and oxygen atoms in total. The topological polar surface area (TPSA) is 58.6 Å². The summed E-state index contributed by atoms with van der Waals surface area (Å²) >= 11 is 3.36. The van der Waals surface area contributed by atoms with E-state index in [2.05, 4.69) is 21.2 Å². The quantitative estimate of drug-likeness (QED) is 0.853. The third-order valence-electron chi connectivity index (χ3n) is 3.37. The van der Waals surface area contributed by atoms with Crippen molar-refractivity contribution in [3.05, 3.63) is 28.2 Å². The maximum atomic E-state index is 12.8. The maximum absolute atomic E-state index is 12.8. The molecule has 0 radical (unpaired) electrons. The molecule has 0 aliphatic carbocycles. The zero-order chi connectivity index (χ0) is 15.3. The smallest absolute Gasteiger partial charge is 0.244 e. The van der Waals surface area contributed by atoms with E-state index in [9.17, 15) is 8.42 Å². The molecule has 1 aromatic rings. The molecule has 1 aromatic carbocycles. The van der Waals surface area contributed by atoms with Crippen molar-refractivity contribution in [3.8, 4) is 0 Å². The predicted octanol–water partition coefficient (Wildman–Crippen LogP) is 1.97. The van der Waals surface area contributed by atoms with E-state index in [0.717, 1.165) is 18.5 Å². The highest BCUT2D eigenvalue weighted by molar-refractivity contribution is 9.10. The minimum absolute atomic E-state index is 0.333. The van der Waals surface area contributed by atoms with E-state index in [1.165, 1.54) is 4.31 Å². The van der Waals surface area contributed by atoms with E-state index in [1.54, 1.807) is 12.1 Å². The second-order valence-electron chi connectivity index (χ2n) is 4.92. The van der Waals surface area contributed by atoms with Crippen molar-refractivity contribution in [2.24, 2.45) is 0 Å². The summed E-state index contributed by atoms with van der Waals surface area (Å²) in [5.74, 6) is 0. The van der Waals surface area contributed by atoms with Gasteiger partial charge in [0.25, 0.3) is 0 Å². The Labute approximate surface area is 134 Å². The largest absolute Gasteiger partial charge is 0.380 e. The molecule has 1 aliphatic rings. The number of halogens is 1. The lowest BCUT2D eigenvalue weighted by molar-refractivity contribution is 0.148. The van der Waals surface area contributed by atoms with Crippen LogP contribution in [0.4, 0.5) is 0 Å². The van der Waals surface area contributed by atoms with Crippen LogP contribution in [-0.2, 0) is 21.3 Å². The summed E-state index contributed by atoms with van der Waals surface area (Å²) in [7, 11) is -3.48. The van der Waals surface area contributed by atoms with Crippen molar-refractivity contribution in [3.63, 3.8) is 0 Å². The van der Waals surface area contributed by atoms with Gasteiger partial charge in [0.1, 0.15) is 0 Å². The van der Waals surface area contributed by atoms with Gasteiger partial charge < -0.3 is 10.1 Å². The minimum atomic E-state index is -3.48. The lowest BCUT2D eigenvalue weighted by Gasteiger charge is -2.20. The van der Waals surface area contributed by atoms with Gasteiger partial charge in [-0.1, -0.05) is 13.0 Å². The summed E-state index contributed by atoms with van der Waals surface area (Å²) in [5.41, 5.74) is 0.963. The fraction of sp³-hybridized carbons (Fsp3) is 0.571. The first kappa shape index (κ1) is 16.9. The van der Waals surface area contributed by atoms with Gasteiger partial charge in [-0.2, -0.15) is 4.31 Å². The molecule has 1 fully saturated rings. The third kappa shape index (κ3) is 4.26. The number of benzene rings is 1. The van der Waals surface area contributed by atoms with Gasteiger partial charge in [0.15, 0.2) is 0 Å². The SMILES string of the molecule is CCNCc1ccc(Br)c(S(=O)(=O)N2CCCOCC2)c1. The Bertz CT molecular complexity index is 570. The first-order valence-electron chi connectivity index (χ1n) is 7.12. The van der Waals surface area contributed by atoms with Gasteiger partial charge in [-0.05, 0) is 46.6 Å². The van der Waals surface area contributed by atoms with E-state index in [0.29, 0.717) is 42.2 Å². The van der Waals surface area contributed by atoms with Gasteiger partial charge in [0, 0.05) is 30.7 Å². The molecule has 1 heterocycles. The van der Waals surface area contributed by atoms with Gasteiger partial charge in [-0.15, -0.1) is 0 Å². The lowest BCUT2D eigenvalue weighted by Crippen LogP contribution is -2.33. The van der Waals surface area contributed by atoms with Crippen molar-refractivity contribution < 1.29 is 13.2 Å². The van der Waals surface area contributed by atoms with Crippen LogP contribution in [0.3, 0.4) is 0 Å². The molecule has 0 saturated carbocycles. The fourth-order valence-corrected chi connectivity index (χ4v) is 4.66. The molecule has 0 atom stereocenters. The number of nitrogens with zero attached hydrogens (tertiary/aromatic N) is 1. The molecule has 0 amide bonds. The highest BCUT2D eigenvalue weighted by Crippen LogP contribution is 2.27. The molecule has 7 heteroatoms. The number of sulfonamides is 1. The standard InChI is InChI=1S/C14H21BrN2O3S/c1-2-16-11-12-4-5-13(15)14(10-12)21(18,19)17-6-3-8-20-9-7-17/h4-5,10,16H,2-3,6-9,11H2,1H3. The number of ether oxygens (including phenoxy) is 1. The number of hydrogen-bond donors (Lipinski definition) is 1. The second kappa shape index (κ2) is 7.69. The van der Waals surface area contributed by atoms with E-state index in [-0.39, 0.29) is 0 Å². The average molecular weight is 377 g/mol. The Morgan fingerprint density at radius 1 is 1.33 bits per heavy atom. The highest BCUT2D eigenvalue weighted by Gasteiger charge is 2.27. The van der Waals surface area contributed by atoms with Crippen LogP contribution in [0, 0.1) is 0 Å². The summed E-state index contributed by atoms with van der Waals surface area (Å²) in [6, 6.07) is 5.47. The molecule has 0 spiro atoms. The summed E-state index contributed by atoms with van der Waals surface area (Å²) < 4.78 is 33.1. The van der Waals surface area contributed by atoms with E-state index >= 15 is 0 Å². The van der Waals surface area contributed by atoms with Crippen molar-refractivity contribution >= 4 is 26.0 Å². The van der Waals surface area contributed by atoms with Gasteiger partial charge in [-0.3, -0.25) is 0 Å². The van der Waals surface area contributed by atoms with Gasteiger partial charge in [0.2, 0.25) is 10.0 Å². The van der Waals surface area contributed by atoms with Gasteiger partial charge in [0.05, 0.1) is 11.5 Å². The van der Waals surface area contributed by atoms with E-state index in [1.807, 2.05) is 13.0 Å². The van der Waals surface area contributed by atoms with Gasteiger partial charge in [-0.25, -0.2) is 8.42 Å². The Kier molecular flexibility index (Phi) is 6.19. The third-order valence-corrected chi connectivity index (χ3v) is 6.27. The maximum Gasteiger partial charge on any atom is 0.244 e. The van der Waals surface area contributed by atoms with Crippen molar-refractivity contribution in [1.82, 2.24) is 9.62 Å². The number of nitrogens with one attached hydrogen (secondary N) is 1. The minimum Gasteiger partial charge on any atom is -0.380 e. The Morgan fingerprint density at radius 2 is 2.14 bits per heavy atom. The molecule has 21 heavy (non-hydrogen) atoms. The van der Waals surface area contributed by atoms with Crippen molar-refractivity contribution in [2.45, 2.75) is 24.8 Å². The van der Waals surface area contributed by atoms with Crippen molar-refractivity contribution in [1.29, 1.82) is 0 Å². The summed E-state index contributed by atoms with van der Waals surface area (Å²) in [6.45, 7) is 5.52. The average Bonchev–Trinajstić information content (AvgIpc) is 2.75. The summed E-state index contributed by atoms with van der Waals surface area (Å²) in [5, 5.41) is 3.21. The van der Waals surface area contributed by atoms with Crippen LogP contribution in [0.25, 0.3) is 0 Å². The van der Waals surface area contributed by atoms with E-state index < -0.39 is 10.0 Å². The van der Waals surface area contributed by atoms with Crippen LogP contribution in [0.1, 0.15) is 18.9 Å². The summed E-state index contributed by atoms with van der Waals surface area (Å²) in [4.78, 5) is 0.333. The van der Waals surface area contributed by atoms with E-state index in [4.69, 9.17) is 4.74 Å². The van der Waals surface area contributed by atoms with Crippen LogP contribution in [-0.4, -0.2) is 45.6 Å². The zero-order valence-electron chi connectivity index (χ0n) is 12.1. The molecule has 118 valence electrons. The Morgan fingerprint density at radius 3 is 2.90 bits per heavy atom. The second-order valence-corrected chi connectivity index (χ2v) is 7.68. The lowest BCUT2D eigenvalue weighted by atomic mass is 10.2. The van der Waals surface area contributed by atoms with Gasteiger partial charge >= 0.3 is 0 Å². The zero-order valence-corrected chi connectivity index (χ0v) is 14.5. The number of hydrogen-bond acceptors (Lipinski definition) is 4. The van der Waals surface area contributed by atoms with Crippen LogP contribution in [0.5, 0.6) is 0 Å². The molecule has 0 unspecified atom stereocenters. The monoisotopic (exact) mass is 376 g/mol.